The van der Waals surface area contributed by atoms with E-state index in [0.29, 0.717) is 17.8 Å². The lowest BCUT2D eigenvalue weighted by Gasteiger charge is -2.11. The smallest absolute Gasteiger partial charge is 0.325 e. The highest BCUT2D eigenvalue weighted by Crippen LogP contribution is 2.32. The summed E-state index contributed by atoms with van der Waals surface area (Å²) >= 11 is 0. The molecule has 0 spiro atoms. The van der Waals surface area contributed by atoms with E-state index in [1.807, 2.05) is 0 Å². The number of rotatable bonds is 3. The van der Waals surface area contributed by atoms with Gasteiger partial charge in [-0.05, 0) is 25.1 Å². The molecule has 0 aliphatic rings. The van der Waals surface area contributed by atoms with Crippen molar-refractivity contribution in [3.8, 4) is 0 Å². The van der Waals surface area contributed by atoms with Crippen molar-refractivity contribution in [2.45, 2.75) is 19.6 Å². The summed E-state index contributed by atoms with van der Waals surface area (Å²) in [4.78, 5) is 27.2. The molecule has 0 bridgehead atoms. The Balaban J connectivity index is 2.16. The number of hydrogen-bond acceptors (Lipinski definition) is 3. The molecule has 23 heavy (non-hydrogen) atoms. The standard InChI is InChI=1S/C14H11F4N3O2/c1-8-4-13(23)21(7-19-8)6-12(22)20-9-2-3-11(15)10(5-9)14(16,17)18/h2-5,7H,6H2,1H3,(H,20,22). The van der Waals surface area contributed by atoms with E-state index in [4.69, 9.17) is 0 Å². The van der Waals surface area contributed by atoms with E-state index in [-0.39, 0.29) is 5.69 Å². The summed E-state index contributed by atoms with van der Waals surface area (Å²) in [5, 5.41) is 2.18. The molecule has 0 atom stereocenters. The van der Waals surface area contributed by atoms with Crippen LogP contribution in [-0.4, -0.2) is 15.5 Å². The van der Waals surface area contributed by atoms with Gasteiger partial charge in [-0.25, -0.2) is 9.37 Å². The molecular weight excluding hydrogens is 318 g/mol. The van der Waals surface area contributed by atoms with Gasteiger partial charge in [0.25, 0.3) is 5.56 Å². The number of anilines is 1. The lowest BCUT2D eigenvalue weighted by Crippen LogP contribution is -2.27. The van der Waals surface area contributed by atoms with Crippen molar-refractivity contribution in [3.05, 3.63) is 58.0 Å². The van der Waals surface area contributed by atoms with Crippen LogP contribution in [0.25, 0.3) is 0 Å². The van der Waals surface area contributed by atoms with E-state index in [9.17, 15) is 27.2 Å². The van der Waals surface area contributed by atoms with Gasteiger partial charge < -0.3 is 5.32 Å². The van der Waals surface area contributed by atoms with Crippen molar-refractivity contribution in [2.75, 3.05) is 5.32 Å². The first-order valence-electron chi connectivity index (χ1n) is 6.36. The lowest BCUT2D eigenvalue weighted by atomic mass is 10.2. The van der Waals surface area contributed by atoms with Crippen LogP contribution in [0.1, 0.15) is 11.3 Å². The van der Waals surface area contributed by atoms with Gasteiger partial charge in [0, 0.05) is 17.4 Å². The zero-order chi connectivity index (χ0) is 17.2. The number of carbonyl (C=O) groups is 1. The Morgan fingerprint density at radius 3 is 2.61 bits per heavy atom. The van der Waals surface area contributed by atoms with Gasteiger partial charge in [0.15, 0.2) is 0 Å². The van der Waals surface area contributed by atoms with Crippen molar-refractivity contribution in [1.29, 1.82) is 0 Å². The van der Waals surface area contributed by atoms with Gasteiger partial charge in [-0.3, -0.25) is 14.2 Å². The topological polar surface area (TPSA) is 64.0 Å². The number of halogens is 4. The minimum absolute atomic E-state index is 0.225. The molecule has 2 rings (SSSR count). The fourth-order valence-corrected chi connectivity index (χ4v) is 1.81. The Morgan fingerprint density at radius 1 is 1.30 bits per heavy atom. The number of benzene rings is 1. The fraction of sp³-hybridized carbons (Fsp3) is 0.214. The van der Waals surface area contributed by atoms with Gasteiger partial charge in [0.1, 0.15) is 12.4 Å². The number of aryl methyl sites for hydroxylation is 1. The lowest BCUT2D eigenvalue weighted by molar-refractivity contribution is -0.140. The molecule has 1 aromatic heterocycles. The first kappa shape index (κ1) is 16.7. The average Bonchev–Trinajstić information content (AvgIpc) is 2.43. The quantitative estimate of drug-likeness (QED) is 0.879. The third-order valence-corrected chi connectivity index (χ3v) is 2.89. The van der Waals surface area contributed by atoms with E-state index < -0.39 is 35.6 Å². The van der Waals surface area contributed by atoms with Crippen LogP contribution in [0.4, 0.5) is 23.2 Å². The van der Waals surface area contributed by atoms with E-state index in [1.54, 1.807) is 6.92 Å². The summed E-state index contributed by atoms with van der Waals surface area (Å²) in [5.41, 5.74) is -1.70. The first-order chi connectivity index (χ1) is 10.7. The molecule has 0 aliphatic heterocycles. The van der Waals surface area contributed by atoms with Crippen molar-refractivity contribution in [2.24, 2.45) is 0 Å². The second-order valence-electron chi connectivity index (χ2n) is 4.74. The Labute approximate surface area is 127 Å². The predicted octanol–water partition coefficient (Wildman–Crippen LogP) is 2.35. The van der Waals surface area contributed by atoms with Crippen LogP contribution >= 0.6 is 0 Å². The highest BCUT2D eigenvalue weighted by molar-refractivity contribution is 5.90. The normalized spacial score (nSPS) is 11.3. The fourth-order valence-electron chi connectivity index (χ4n) is 1.81. The summed E-state index contributed by atoms with van der Waals surface area (Å²) in [6.07, 6.45) is -3.72. The molecular formula is C14H11F4N3O2. The number of nitrogens with zero attached hydrogens (tertiary/aromatic N) is 2. The molecule has 0 unspecified atom stereocenters. The second-order valence-corrected chi connectivity index (χ2v) is 4.74. The van der Waals surface area contributed by atoms with Crippen LogP contribution < -0.4 is 10.9 Å². The molecule has 122 valence electrons. The number of nitrogens with one attached hydrogen (secondary N) is 1. The molecule has 1 aromatic carbocycles. The Kier molecular flexibility index (Phi) is 4.48. The maximum absolute atomic E-state index is 13.2. The first-order valence-corrected chi connectivity index (χ1v) is 6.36. The third kappa shape index (κ3) is 4.15. The monoisotopic (exact) mass is 329 g/mol. The zero-order valence-electron chi connectivity index (χ0n) is 11.8. The summed E-state index contributed by atoms with van der Waals surface area (Å²) in [6, 6.07) is 3.31. The zero-order valence-corrected chi connectivity index (χ0v) is 11.8. The average molecular weight is 329 g/mol. The molecule has 9 heteroatoms. The van der Waals surface area contributed by atoms with Crippen LogP contribution in [-0.2, 0) is 17.5 Å². The SMILES string of the molecule is Cc1cc(=O)n(CC(=O)Nc2ccc(F)c(C(F)(F)F)c2)cn1. The Bertz CT molecular complexity index is 799. The molecule has 0 saturated heterocycles. The van der Waals surface area contributed by atoms with Crippen LogP contribution in [0.5, 0.6) is 0 Å². The number of carbonyl (C=O) groups excluding carboxylic acids is 1. The van der Waals surface area contributed by atoms with Gasteiger partial charge >= 0.3 is 6.18 Å². The number of hydrogen-bond donors (Lipinski definition) is 1. The largest absolute Gasteiger partial charge is 0.419 e. The van der Waals surface area contributed by atoms with E-state index in [2.05, 4.69) is 10.3 Å². The van der Waals surface area contributed by atoms with E-state index in [0.717, 1.165) is 17.0 Å². The van der Waals surface area contributed by atoms with Crippen molar-refractivity contribution < 1.29 is 22.4 Å². The van der Waals surface area contributed by atoms with Crippen LogP contribution in [0.3, 0.4) is 0 Å². The van der Waals surface area contributed by atoms with Crippen molar-refractivity contribution in [1.82, 2.24) is 9.55 Å². The number of aromatic nitrogens is 2. The highest BCUT2D eigenvalue weighted by Gasteiger charge is 2.34. The van der Waals surface area contributed by atoms with Gasteiger partial charge in [0.2, 0.25) is 5.91 Å². The van der Waals surface area contributed by atoms with E-state index in [1.165, 1.54) is 6.07 Å². The molecule has 0 fully saturated rings. The minimum atomic E-state index is -4.87. The van der Waals surface area contributed by atoms with Gasteiger partial charge in [-0.15, -0.1) is 0 Å². The van der Waals surface area contributed by atoms with E-state index >= 15 is 0 Å². The summed E-state index contributed by atoms with van der Waals surface area (Å²) in [5.74, 6) is -2.17. The van der Waals surface area contributed by atoms with Crippen molar-refractivity contribution in [3.63, 3.8) is 0 Å². The molecule has 5 nitrogen and oxygen atoms in total. The third-order valence-electron chi connectivity index (χ3n) is 2.89. The van der Waals surface area contributed by atoms with Gasteiger partial charge in [0.05, 0.1) is 11.9 Å². The number of alkyl halides is 3. The molecule has 0 saturated carbocycles. The molecule has 1 N–H and O–H groups in total. The summed E-state index contributed by atoms with van der Waals surface area (Å²) in [7, 11) is 0. The maximum Gasteiger partial charge on any atom is 0.419 e. The summed E-state index contributed by atoms with van der Waals surface area (Å²) < 4.78 is 51.9. The summed E-state index contributed by atoms with van der Waals surface area (Å²) in [6.45, 7) is 1.17. The van der Waals surface area contributed by atoms with Gasteiger partial charge in [-0.2, -0.15) is 13.2 Å². The minimum Gasteiger partial charge on any atom is -0.325 e. The Hall–Kier alpha value is -2.71. The highest BCUT2D eigenvalue weighted by atomic mass is 19.4. The van der Waals surface area contributed by atoms with Crippen LogP contribution in [0.15, 0.2) is 35.4 Å². The number of amides is 1. The Morgan fingerprint density at radius 2 is 2.00 bits per heavy atom. The van der Waals surface area contributed by atoms with Crippen molar-refractivity contribution >= 4 is 11.6 Å². The molecule has 2 aromatic rings. The maximum atomic E-state index is 13.2. The molecule has 1 heterocycles. The van der Waals surface area contributed by atoms with Crippen LogP contribution in [0.2, 0.25) is 0 Å². The molecule has 0 radical (unpaired) electrons. The van der Waals surface area contributed by atoms with Crippen LogP contribution in [0, 0.1) is 12.7 Å². The predicted molar refractivity (Wildman–Crippen MR) is 73.3 cm³/mol. The second kappa shape index (κ2) is 6.19. The van der Waals surface area contributed by atoms with Gasteiger partial charge in [-0.1, -0.05) is 0 Å². The molecule has 1 amide bonds. The molecule has 0 aliphatic carbocycles.